The van der Waals surface area contributed by atoms with Gasteiger partial charge in [0.1, 0.15) is 5.54 Å². The molecular weight excluding hydrogens is 260 g/mol. The Kier molecular flexibility index (Phi) is 3.94. The molecule has 2 heterocycles. The van der Waals surface area contributed by atoms with Crippen molar-refractivity contribution in [2.45, 2.75) is 45.2 Å². The zero-order valence-corrected chi connectivity index (χ0v) is 12.4. The van der Waals surface area contributed by atoms with Gasteiger partial charge in [0.05, 0.1) is 0 Å². The normalized spacial score (nSPS) is 23.1. The first-order valence-electron chi connectivity index (χ1n) is 6.54. The SMILES string of the molecule is CC1CC(=O)NC(C)(C)C(=O)N1CCc1cccs1. The van der Waals surface area contributed by atoms with Gasteiger partial charge in [-0.15, -0.1) is 11.3 Å². The fourth-order valence-electron chi connectivity index (χ4n) is 2.40. The molecular formula is C14H20N2O2S. The van der Waals surface area contributed by atoms with E-state index >= 15 is 0 Å². The Hall–Kier alpha value is -1.36. The molecule has 0 spiro atoms. The third kappa shape index (κ3) is 3.15. The van der Waals surface area contributed by atoms with Gasteiger partial charge in [-0.3, -0.25) is 9.59 Å². The zero-order valence-electron chi connectivity index (χ0n) is 11.6. The van der Waals surface area contributed by atoms with E-state index < -0.39 is 5.54 Å². The first kappa shape index (κ1) is 14.1. The molecule has 1 N–H and O–H groups in total. The van der Waals surface area contributed by atoms with Gasteiger partial charge in [0.2, 0.25) is 11.8 Å². The van der Waals surface area contributed by atoms with Crippen LogP contribution in [0.15, 0.2) is 17.5 Å². The third-order valence-electron chi connectivity index (χ3n) is 3.44. The number of carbonyl (C=O) groups is 2. The predicted molar refractivity (Wildman–Crippen MR) is 76.0 cm³/mol. The first-order valence-corrected chi connectivity index (χ1v) is 7.42. The van der Waals surface area contributed by atoms with E-state index in [0.29, 0.717) is 13.0 Å². The number of hydrogen-bond acceptors (Lipinski definition) is 3. The molecule has 2 amide bonds. The van der Waals surface area contributed by atoms with Gasteiger partial charge in [-0.05, 0) is 38.6 Å². The van der Waals surface area contributed by atoms with Crippen molar-refractivity contribution in [3.05, 3.63) is 22.4 Å². The van der Waals surface area contributed by atoms with Crippen LogP contribution >= 0.6 is 11.3 Å². The lowest BCUT2D eigenvalue weighted by Crippen LogP contribution is -2.54. The lowest BCUT2D eigenvalue weighted by molar-refractivity contribution is -0.138. The van der Waals surface area contributed by atoms with Crippen molar-refractivity contribution in [2.75, 3.05) is 6.54 Å². The van der Waals surface area contributed by atoms with Gasteiger partial charge in [0.25, 0.3) is 0 Å². The number of amides is 2. The van der Waals surface area contributed by atoms with Crippen LogP contribution in [0.25, 0.3) is 0 Å². The molecule has 0 bridgehead atoms. The van der Waals surface area contributed by atoms with Gasteiger partial charge < -0.3 is 10.2 Å². The maximum atomic E-state index is 12.5. The second-order valence-electron chi connectivity index (χ2n) is 5.55. The van der Waals surface area contributed by atoms with Gasteiger partial charge >= 0.3 is 0 Å². The minimum absolute atomic E-state index is 0.00223. The zero-order chi connectivity index (χ0) is 14.0. The average molecular weight is 280 g/mol. The van der Waals surface area contributed by atoms with Crippen molar-refractivity contribution >= 4 is 23.2 Å². The Balaban J connectivity index is 2.11. The molecule has 104 valence electrons. The van der Waals surface area contributed by atoms with E-state index in [-0.39, 0.29) is 17.9 Å². The van der Waals surface area contributed by atoms with Crippen LogP contribution in [0.4, 0.5) is 0 Å². The van der Waals surface area contributed by atoms with E-state index in [0.717, 1.165) is 6.42 Å². The summed E-state index contributed by atoms with van der Waals surface area (Å²) in [6.45, 7) is 6.14. The Morgan fingerprint density at radius 2 is 2.21 bits per heavy atom. The minimum atomic E-state index is -0.808. The quantitative estimate of drug-likeness (QED) is 0.918. The fourth-order valence-corrected chi connectivity index (χ4v) is 3.10. The summed E-state index contributed by atoms with van der Waals surface area (Å²) in [7, 11) is 0. The van der Waals surface area contributed by atoms with Gasteiger partial charge in [-0.25, -0.2) is 0 Å². The van der Waals surface area contributed by atoms with Crippen LogP contribution in [0.1, 0.15) is 32.1 Å². The Labute approximate surface area is 117 Å². The van der Waals surface area contributed by atoms with Crippen molar-refractivity contribution in [3.63, 3.8) is 0 Å². The minimum Gasteiger partial charge on any atom is -0.342 e. The molecule has 0 aliphatic carbocycles. The van der Waals surface area contributed by atoms with Gasteiger partial charge in [0.15, 0.2) is 0 Å². The molecule has 1 fully saturated rings. The van der Waals surface area contributed by atoms with Crippen molar-refractivity contribution in [3.8, 4) is 0 Å². The molecule has 2 rings (SSSR count). The van der Waals surface area contributed by atoms with E-state index in [9.17, 15) is 9.59 Å². The lowest BCUT2D eigenvalue weighted by atomic mass is 10.0. The summed E-state index contributed by atoms with van der Waals surface area (Å²) in [6, 6.07) is 4.05. The van der Waals surface area contributed by atoms with E-state index in [1.165, 1.54) is 4.88 Å². The second-order valence-corrected chi connectivity index (χ2v) is 6.59. The molecule has 1 atom stereocenters. The first-order chi connectivity index (χ1) is 8.90. The average Bonchev–Trinajstić information content (AvgIpc) is 2.78. The summed E-state index contributed by atoms with van der Waals surface area (Å²) in [6.07, 6.45) is 1.22. The summed E-state index contributed by atoms with van der Waals surface area (Å²) in [5, 5.41) is 4.83. The highest BCUT2D eigenvalue weighted by molar-refractivity contribution is 7.09. The molecule has 19 heavy (non-hydrogen) atoms. The monoisotopic (exact) mass is 280 g/mol. The molecule has 5 heteroatoms. The molecule has 0 saturated carbocycles. The molecule has 1 aliphatic heterocycles. The standard InChI is InChI=1S/C14H20N2O2S/c1-10-9-12(17)15-14(2,3)13(18)16(10)7-6-11-5-4-8-19-11/h4-5,8,10H,6-7,9H2,1-3H3,(H,15,17). The highest BCUT2D eigenvalue weighted by Crippen LogP contribution is 2.19. The molecule has 1 aromatic rings. The number of rotatable bonds is 3. The van der Waals surface area contributed by atoms with E-state index in [1.54, 1.807) is 25.2 Å². The summed E-state index contributed by atoms with van der Waals surface area (Å²) >= 11 is 1.70. The van der Waals surface area contributed by atoms with E-state index in [2.05, 4.69) is 11.4 Å². The number of thiophene rings is 1. The van der Waals surface area contributed by atoms with Crippen LogP contribution in [-0.2, 0) is 16.0 Å². The predicted octanol–water partition coefficient (Wildman–Crippen LogP) is 1.81. The Morgan fingerprint density at radius 1 is 1.47 bits per heavy atom. The molecule has 4 nitrogen and oxygen atoms in total. The van der Waals surface area contributed by atoms with Gasteiger partial charge in [-0.1, -0.05) is 6.07 Å². The number of hydrogen-bond donors (Lipinski definition) is 1. The molecule has 1 aliphatic rings. The molecule has 0 radical (unpaired) electrons. The highest BCUT2D eigenvalue weighted by atomic mass is 32.1. The van der Waals surface area contributed by atoms with Crippen molar-refractivity contribution in [1.82, 2.24) is 10.2 Å². The summed E-state index contributed by atoms with van der Waals surface area (Å²) < 4.78 is 0. The molecule has 1 saturated heterocycles. The summed E-state index contributed by atoms with van der Waals surface area (Å²) in [4.78, 5) is 27.3. The second kappa shape index (κ2) is 5.33. The van der Waals surface area contributed by atoms with Crippen molar-refractivity contribution < 1.29 is 9.59 Å². The number of carbonyl (C=O) groups excluding carboxylic acids is 2. The molecule has 1 unspecified atom stereocenters. The number of nitrogens with one attached hydrogen (secondary N) is 1. The fraction of sp³-hybridized carbons (Fsp3) is 0.571. The van der Waals surface area contributed by atoms with Crippen LogP contribution in [0, 0.1) is 0 Å². The van der Waals surface area contributed by atoms with Crippen LogP contribution in [-0.4, -0.2) is 34.8 Å². The molecule has 1 aromatic heterocycles. The lowest BCUT2D eigenvalue weighted by Gasteiger charge is -2.31. The van der Waals surface area contributed by atoms with Crippen LogP contribution < -0.4 is 5.32 Å². The van der Waals surface area contributed by atoms with Gasteiger partial charge in [-0.2, -0.15) is 0 Å². The van der Waals surface area contributed by atoms with E-state index in [4.69, 9.17) is 0 Å². The third-order valence-corrected chi connectivity index (χ3v) is 4.38. The summed E-state index contributed by atoms with van der Waals surface area (Å²) in [5.41, 5.74) is -0.808. The maximum Gasteiger partial charge on any atom is 0.248 e. The van der Waals surface area contributed by atoms with Crippen molar-refractivity contribution in [1.29, 1.82) is 0 Å². The van der Waals surface area contributed by atoms with Gasteiger partial charge in [0, 0.05) is 23.9 Å². The van der Waals surface area contributed by atoms with Crippen LogP contribution in [0.2, 0.25) is 0 Å². The number of nitrogens with zero attached hydrogens (tertiary/aromatic N) is 1. The smallest absolute Gasteiger partial charge is 0.248 e. The Bertz CT molecular complexity index is 468. The summed E-state index contributed by atoms with van der Waals surface area (Å²) in [5.74, 6) is -0.0492. The Morgan fingerprint density at radius 3 is 2.84 bits per heavy atom. The highest BCUT2D eigenvalue weighted by Gasteiger charge is 2.39. The van der Waals surface area contributed by atoms with Crippen molar-refractivity contribution in [2.24, 2.45) is 0 Å². The topological polar surface area (TPSA) is 49.4 Å². The van der Waals surface area contributed by atoms with Crippen LogP contribution in [0.3, 0.4) is 0 Å². The molecule has 0 aromatic carbocycles. The van der Waals surface area contributed by atoms with E-state index in [1.807, 2.05) is 23.3 Å². The maximum absolute atomic E-state index is 12.5. The largest absolute Gasteiger partial charge is 0.342 e. The van der Waals surface area contributed by atoms with Crippen LogP contribution in [0.5, 0.6) is 0 Å².